The van der Waals surface area contributed by atoms with Gasteiger partial charge in [-0.15, -0.1) is 0 Å². The Balaban J connectivity index is 1.74. The molecule has 0 amide bonds. The third-order valence-electron chi connectivity index (χ3n) is 4.59. The van der Waals surface area contributed by atoms with E-state index in [-0.39, 0.29) is 34.1 Å². The Hall–Kier alpha value is -1.97. The van der Waals surface area contributed by atoms with Crippen molar-refractivity contribution in [1.29, 1.82) is 0 Å². The molecule has 1 saturated heterocycles. The molecule has 0 unspecified atom stereocenters. The smallest absolute Gasteiger partial charge is 0.338 e. The van der Waals surface area contributed by atoms with Crippen LogP contribution in [-0.2, 0) is 19.5 Å². The van der Waals surface area contributed by atoms with Gasteiger partial charge in [0.1, 0.15) is 0 Å². The van der Waals surface area contributed by atoms with Gasteiger partial charge in [0.2, 0.25) is 10.0 Å². The molecule has 1 aliphatic rings. The van der Waals surface area contributed by atoms with Crippen LogP contribution in [0.25, 0.3) is 0 Å². The largest absolute Gasteiger partial charge is 0.454 e. The van der Waals surface area contributed by atoms with Crippen molar-refractivity contribution in [3.8, 4) is 0 Å². The molecule has 0 N–H and O–H groups in total. The van der Waals surface area contributed by atoms with Gasteiger partial charge in [-0.2, -0.15) is 4.31 Å². The van der Waals surface area contributed by atoms with E-state index >= 15 is 0 Å². The number of ketones is 1. The first kappa shape index (κ1) is 22.7. The number of hydrogen-bond donors (Lipinski definition) is 0. The fourth-order valence-electron chi connectivity index (χ4n) is 2.90. The molecule has 30 heavy (non-hydrogen) atoms. The minimum atomic E-state index is -3.78. The molecule has 1 aliphatic heterocycles. The molecule has 3 rings (SSSR count). The van der Waals surface area contributed by atoms with E-state index in [1.54, 1.807) is 6.92 Å². The molecule has 10 heteroatoms. The number of carbonyl (C=O) groups excluding carboxylic acids is 2. The fourth-order valence-corrected chi connectivity index (χ4v) is 4.86. The Morgan fingerprint density at radius 3 is 2.37 bits per heavy atom. The molecule has 0 radical (unpaired) electrons. The predicted octanol–water partition coefficient (Wildman–Crippen LogP) is 3.36. The van der Waals surface area contributed by atoms with Crippen molar-refractivity contribution in [3.63, 3.8) is 0 Å². The molecule has 1 fully saturated rings. The third-order valence-corrected chi connectivity index (χ3v) is 7.37. The summed E-state index contributed by atoms with van der Waals surface area (Å²) in [6.45, 7) is 2.25. The Morgan fingerprint density at radius 2 is 1.70 bits per heavy atom. The first-order valence-electron chi connectivity index (χ1n) is 9.04. The van der Waals surface area contributed by atoms with Crippen molar-refractivity contribution in [2.75, 3.05) is 32.9 Å². The summed E-state index contributed by atoms with van der Waals surface area (Å²) in [4.78, 5) is 24.7. The van der Waals surface area contributed by atoms with Gasteiger partial charge in [-0.3, -0.25) is 4.79 Å². The minimum absolute atomic E-state index is 0.0228. The minimum Gasteiger partial charge on any atom is -0.454 e. The lowest BCUT2D eigenvalue weighted by molar-refractivity contribution is 0.0474. The van der Waals surface area contributed by atoms with Gasteiger partial charge >= 0.3 is 5.97 Å². The standard InChI is InChI=1S/C20H19Cl2NO6S/c1-13-2-3-15(11-19(13)30(26,27)23-6-8-28-9-7-23)20(25)29-12-18(24)14-4-5-16(21)17(22)10-14/h2-5,10-11H,6-9,12H2,1H3. The van der Waals surface area contributed by atoms with Crippen LogP contribution in [0, 0.1) is 6.92 Å². The molecule has 0 bridgehead atoms. The molecule has 160 valence electrons. The van der Waals surface area contributed by atoms with Crippen LogP contribution in [0.3, 0.4) is 0 Å². The van der Waals surface area contributed by atoms with Crippen LogP contribution in [-0.4, -0.2) is 57.4 Å². The van der Waals surface area contributed by atoms with Crippen LogP contribution in [0.5, 0.6) is 0 Å². The van der Waals surface area contributed by atoms with Crippen LogP contribution in [0.2, 0.25) is 10.0 Å². The Labute approximate surface area is 184 Å². The molecule has 0 aliphatic carbocycles. The molecule has 0 atom stereocenters. The number of benzene rings is 2. The summed E-state index contributed by atoms with van der Waals surface area (Å²) < 4.78 is 37.5. The zero-order chi connectivity index (χ0) is 21.9. The van der Waals surface area contributed by atoms with Crippen molar-refractivity contribution in [2.45, 2.75) is 11.8 Å². The van der Waals surface area contributed by atoms with Crippen molar-refractivity contribution < 1.29 is 27.5 Å². The molecule has 0 spiro atoms. The van der Waals surface area contributed by atoms with Crippen molar-refractivity contribution in [1.82, 2.24) is 4.31 Å². The summed E-state index contributed by atoms with van der Waals surface area (Å²) in [5.74, 6) is -1.27. The van der Waals surface area contributed by atoms with E-state index in [0.29, 0.717) is 23.8 Å². The third kappa shape index (κ3) is 5.01. The van der Waals surface area contributed by atoms with E-state index in [4.69, 9.17) is 32.7 Å². The average Bonchev–Trinajstić information content (AvgIpc) is 2.74. The SMILES string of the molecule is Cc1ccc(C(=O)OCC(=O)c2ccc(Cl)c(Cl)c2)cc1S(=O)(=O)N1CCOCC1. The van der Waals surface area contributed by atoms with E-state index in [1.165, 1.54) is 40.7 Å². The molecule has 0 saturated carbocycles. The van der Waals surface area contributed by atoms with Crippen molar-refractivity contribution in [3.05, 3.63) is 63.1 Å². The highest BCUT2D eigenvalue weighted by Crippen LogP contribution is 2.24. The number of sulfonamides is 1. The molecular weight excluding hydrogens is 453 g/mol. The van der Waals surface area contributed by atoms with Gasteiger partial charge in [0.25, 0.3) is 0 Å². The predicted molar refractivity (Wildman–Crippen MR) is 112 cm³/mol. The quantitative estimate of drug-likeness (QED) is 0.473. The molecule has 1 heterocycles. The topological polar surface area (TPSA) is 90.0 Å². The molecule has 0 aromatic heterocycles. The van der Waals surface area contributed by atoms with Crippen LogP contribution in [0.4, 0.5) is 0 Å². The summed E-state index contributed by atoms with van der Waals surface area (Å²) >= 11 is 11.7. The van der Waals surface area contributed by atoms with E-state index in [0.717, 1.165) is 0 Å². The second-order valence-electron chi connectivity index (χ2n) is 6.62. The second kappa shape index (κ2) is 9.45. The number of rotatable bonds is 6. The van der Waals surface area contributed by atoms with Gasteiger partial charge in [-0.05, 0) is 42.8 Å². The highest BCUT2D eigenvalue weighted by Gasteiger charge is 2.28. The number of hydrogen-bond acceptors (Lipinski definition) is 6. The summed E-state index contributed by atoms with van der Waals surface area (Å²) in [6.07, 6.45) is 0. The first-order chi connectivity index (χ1) is 14.2. The number of ether oxygens (including phenoxy) is 2. The number of nitrogens with zero attached hydrogens (tertiary/aromatic N) is 1. The van der Waals surface area contributed by atoms with Crippen molar-refractivity contribution >= 4 is 45.0 Å². The molecule has 2 aromatic rings. The first-order valence-corrected chi connectivity index (χ1v) is 11.2. The van der Waals surface area contributed by atoms with Gasteiger partial charge in [0, 0.05) is 18.7 Å². The van der Waals surface area contributed by atoms with E-state index in [1.807, 2.05) is 0 Å². The van der Waals surface area contributed by atoms with Crippen LogP contribution in [0.15, 0.2) is 41.3 Å². The zero-order valence-corrected chi connectivity index (χ0v) is 18.4. The Bertz CT molecular complexity index is 1080. The van der Waals surface area contributed by atoms with Gasteiger partial charge in [-0.25, -0.2) is 13.2 Å². The van der Waals surface area contributed by atoms with Gasteiger partial charge in [-0.1, -0.05) is 29.3 Å². The summed E-state index contributed by atoms with van der Waals surface area (Å²) in [5.41, 5.74) is 0.788. The Kier molecular flexibility index (Phi) is 7.15. The summed E-state index contributed by atoms with van der Waals surface area (Å²) in [6, 6.07) is 8.60. The van der Waals surface area contributed by atoms with Crippen LogP contribution >= 0.6 is 23.2 Å². The number of carbonyl (C=O) groups is 2. The summed E-state index contributed by atoms with van der Waals surface area (Å²) in [5, 5.41) is 0.518. The van der Waals surface area contributed by atoms with E-state index in [9.17, 15) is 18.0 Å². The van der Waals surface area contributed by atoms with Gasteiger partial charge in [0.05, 0.1) is 33.7 Å². The number of esters is 1. The number of Topliss-reactive ketones (excluding diaryl/α,β-unsaturated/α-hetero) is 1. The molecule has 7 nitrogen and oxygen atoms in total. The highest BCUT2D eigenvalue weighted by atomic mass is 35.5. The van der Waals surface area contributed by atoms with Gasteiger partial charge in [0.15, 0.2) is 12.4 Å². The van der Waals surface area contributed by atoms with E-state index in [2.05, 4.69) is 0 Å². The fraction of sp³-hybridized carbons (Fsp3) is 0.300. The lowest BCUT2D eigenvalue weighted by Crippen LogP contribution is -2.40. The number of morpholine rings is 1. The van der Waals surface area contributed by atoms with E-state index < -0.39 is 28.4 Å². The van der Waals surface area contributed by atoms with Crippen LogP contribution in [0.1, 0.15) is 26.3 Å². The second-order valence-corrected chi connectivity index (χ2v) is 9.35. The maximum absolute atomic E-state index is 12.9. The number of halogens is 2. The number of aryl methyl sites for hydroxylation is 1. The lowest BCUT2D eigenvalue weighted by Gasteiger charge is -2.26. The normalized spacial score (nSPS) is 15.0. The van der Waals surface area contributed by atoms with Crippen molar-refractivity contribution in [2.24, 2.45) is 0 Å². The molecular formula is C20H19Cl2NO6S. The monoisotopic (exact) mass is 471 g/mol. The Morgan fingerprint density at radius 1 is 1.03 bits per heavy atom. The maximum atomic E-state index is 12.9. The average molecular weight is 472 g/mol. The lowest BCUT2D eigenvalue weighted by atomic mass is 10.1. The zero-order valence-electron chi connectivity index (χ0n) is 16.1. The van der Waals surface area contributed by atoms with Gasteiger partial charge < -0.3 is 9.47 Å². The summed E-state index contributed by atoms with van der Waals surface area (Å²) in [7, 11) is -3.78. The maximum Gasteiger partial charge on any atom is 0.338 e. The molecule has 2 aromatic carbocycles. The van der Waals surface area contributed by atoms with Crippen LogP contribution < -0.4 is 0 Å². The highest BCUT2D eigenvalue weighted by molar-refractivity contribution is 7.89.